The minimum absolute atomic E-state index is 0.0575. The summed E-state index contributed by atoms with van der Waals surface area (Å²) in [6.07, 6.45) is 2.52. The number of anilines is 1. The van der Waals surface area contributed by atoms with Gasteiger partial charge in [0.1, 0.15) is 17.6 Å². The van der Waals surface area contributed by atoms with Gasteiger partial charge in [0.15, 0.2) is 0 Å². The number of hydrogen-bond donors (Lipinski definition) is 1. The van der Waals surface area contributed by atoms with E-state index in [1.807, 2.05) is 0 Å². The summed E-state index contributed by atoms with van der Waals surface area (Å²) in [5, 5.41) is 18.4. The lowest BCUT2D eigenvalue weighted by Gasteiger charge is -2.35. The fourth-order valence-electron chi connectivity index (χ4n) is 3.96. The van der Waals surface area contributed by atoms with Gasteiger partial charge in [-0.15, -0.1) is 0 Å². The lowest BCUT2D eigenvalue weighted by molar-refractivity contribution is -0.137. The lowest BCUT2D eigenvalue weighted by Crippen LogP contribution is -2.43. The number of sulfonamides is 1. The molecular weight excluding hydrogens is 518 g/mol. The molecule has 0 saturated heterocycles. The van der Waals surface area contributed by atoms with Crippen LogP contribution in [0.5, 0.6) is 11.5 Å². The van der Waals surface area contributed by atoms with Crippen LogP contribution in [0.25, 0.3) is 12.2 Å². The summed E-state index contributed by atoms with van der Waals surface area (Å²) in [5.74, 6) is -1.14. The van der Waals surface area contributed by atoms with E-state index in [2.05, 4.69) is 10.8 Å². The molecule has 0 spiro atoms. The normalized spacial score (nSPS) is 15.1. The fraction of sp³-hybridized carbons (Fsp3) is 0.185. The van der Waals surface area contributed by atoms with Gasteiger partial charge in [0.25, 0.3) is 10.0 Å². The zero-order valence-electron chi connectivity index (χ0n) is 19.8. The molecule has 8 nitrogen and oxygen atoms in total. The highest BCUT2D eigenvalue weighted by molar-refractivity contribution is 7.92. The Balaban J connectivity index is 1.73. The molecule has 3 aromatic rings. The Morgan fingerprint density at radius 1 is 1.16 bits per heavy atom. The number of aliphatic carboxylic acids is 1. The number of halogens is 2. The van der Waals surface area contributed by atoms with Crippen LogP contribution in [0.4, 0.5) is 14.5 Å². The third-order valence-electron chi connectivity index (χ3n) is 5.75. The van der Waals surface area contributed by atoms with Gasteiger partial charge in [-0.05, 0) is 47.9 Å². The topological polar surface area (TPSA) is 117 Å². The van der Waals surface area contributed by atoms with E-state index in [1.54, 1.807) is 54.6 Å². The zero-order valence-corrected chi connectivity index (χ0v) is 20.6. The standard InChI is InChI=1S/C27H22F2N2O6S/c28-27(29)37-21-6-3-7-23(15-21)38(34,35)31-17-22(11-13-26(32)33)36-25-12-9-18(14-24(25)31)8-10-19-4-1-2-5-20(19)16-30/h1-10,12,14-15,22,27H,11,13,17H2,(H,32,33)/b10-8+/t22-/m0/s1. The molecule has 0 amide bonds. The summed E-state index contributed by atoms with van der Waals surface area (Å²) in [6.45, 7) is -3.31. The van der Waals surface area contributed by atoms with E-state index in [0.717, 1.165) is 10.4 Å². The number of benzene rings is 3. The molecule has 4 rings (SSSR count). The van der Waals surface area contributed by atoms with Crippen LogP contribution in [0.1, 0.15) is 29.5 Å². The van der Waals surface area contributed by atoms with Gasteiger partial charge < -0.3 is 14.6 Å². The zero-order chi connectivity index (χ0) is 27.3. The number of alkyl halides is 2. The number of nitrogens with zero attached hydrogens (tertiary/aromatic N) is 2. The van der Waals surface area contributed by atoms with E-state index < -0.39 is 28.7 Å². The highest BCUT2D eigenvalue weighted by Crippen LogP contribution is 2.39. The molecule has 0 bridgehead atoms. The van der Waals surface area contributed by atoms with E-state index in [1.165, 1.54) is 18.2 Å². The molecule has 1 aliphatic rings. The summed E-state index contributed by atoms with van der Waals surface area (Å²) in [6, 6.07) is 18.7. The van der Waals surface area contributed by atoms with Crippen molar-refractivity contribution < 1.29 is 36.6 Å². The molecular formula is C27H22F2N2O6S. The molecule has 196 valence electrons. The fourth-order valence-corrected chi connectivity index (χ4v) is 5.50. The molecule has 11 heteroatoms. The van der Waals surface area contributed by atoms with Crippen LogP contribution in [-0.4, -0.2) is 38.8 Å². The van der Waals surface area contributed by atoms with Crippen LogP contribution in [0.2, 0.25) is 0 Å². The summed E-state index contributed by atoms with van der Waals surface area (Å²) in [5.41, 5.74) is 1.96. The Kier molecular flexibility index (Phi) is 7.93. The summed E-state index contributed by atoms with van der Waals surface area (Å²) in [4.78, 5) is 10.8. The van der Waals surface area contributed by atoms with Crippen molar-refractivity contribution in [3.63, 3.8) is 0 Å². The average Bonchev–Trinajstić information content (AvgIpc) is 2.90. The molecule has 1 N–H and O–H groups in total. The first-order valence-electron chi connectivity index (χ1n) is 11.4. The number of fused-ring (bicyclic) bond motifs is 1. The molecule has 1 heterocycles. The minimum atomic E-state index is -4.29. The van der Waals surface area contributed by atoms with Crippen LogP contribution >= 0.6 is 0 Å². The van der Waals surface area contributed by atoms with E-state index >= 15 is 0 Å². The van der Waals surface area contributed by atoms with E-state index in [9.17, 15) is 27.3 Å². The summed E-state index contributed by atoms with van der Waals surface area (Å²) >= 11 is 0. The van der Waals surface area contributed by atoms with Crippen molar-refractivity contribution in [3.05, 3.63) is 83.4 Å². The van der Waals surface area contributed by atoms with Gasteiger partial charge in [0, 0.05) is 12.5 Å². The predicted octanol–water partition coefficient (Wildman–Crippen LogP) is 5.15. The van der Waals surface area contributed by atoms with Crippen molar-refractivity contribution in [1.29, 1.82) is 5.26 Å². The number of nitriles is 1. The third-order valence-corrected chi connectivity index (χ3v) is 7.53. The first kappa shape index (κ1) is 26.6. The van der Waals surface area contributed by atoms with Crippen molar-refractivity contribution >= 4 is 33.8 Å². The molecule has 1 atom stereocenters. The summed E-state index contributed by atoms with van der Waals surface area (Å²) < 4.78 is 64.2. The van der Waals surface area contributed by atoms with Crippen molar-refractivity contribution in [2.75, 3.05) is 10.8 Å². The molecule has 0 radical (unpaired) electrons. The smallest absolute Gasteiger partial charge is 0.387 e. The maximum Gasteiger partial charge on any atom is 0.387 e. The Bertz CT molecular complexity index is 1520. The number of carbonyl (C=O) groups is 1. The molecule has 1 aliphatic heterocycles. The first-order valence-corrected chi connectivity index (χ1v) is 12.9. The van der Waals surface area contributed by atoms with Gasteiger partial charge in [0.05, 0.1) is 28.8 Å². The molecule has 0 saturated carbocycles. The van der Waals surface area contributed by atoms with Gasteiger partial charge in [-0.25, -0.2) is 8.42 Å². The van der Waals surface area contributed by atoms with E-state index in [-0.39, 0.29) is 41.5 Å². The maximum atomic E-state index is 13.7. The minimum Gasteiger partial charge on any atom is -0.486 e. The molecule has 3 aromatic carbocycles. The van der Waals surface area contributed by atoms with Crippen molar-refractivity contribution in [1.82, 2.24) is 0 Å². The van der Waals surface area contributed by atoms with Crippen molar-refractivity contribution in [2.24, 2.45) is 0 Å². The number of carboxylic acids is 1. The first-order chi connectivity index (χ1) is 18.2. The quantitative estimate of drug-likeness (QED) is 0.373. The van der Waals surface area contributed by atoms with Crippen LogP contribution in [-0.2, 0) is 14.8 Å². The van der Waals surface area contributed by atoms with Gasteiger partial charge in [-0.2, -0.15) is 14.0 Å². The second-order valence-electron chi connectivity index (χ2n) is 8.32. The number of ether oxygens (including phenoxy) is 2. The van der Waals surface area contributed by atoms with Crippen molar-refractivity contribution in [2.45, 2.75) is 30.5 Å². The number of hydrogen-bond acceptors (Lipinski definition) is 6. The van der Waals surface area contributed by atoms with Gasteiger partial charge in [-0.1, -0.05) is 42.5 Å². The van der Waals surface area contributed by atoms with Gasteiger partial charge in [0.2, 0.25) is 0 Å². The number of carboxylic acid groups (broad SMARTS) is 1. The lowest BCUT2D eigenvalue weighted by atomic mass is 10.1. The van der Waals surface area contributed by atoms with Gasteiger partial charge >= 0.3 is 12.6 Å². The van der Waals surface area contributed by atoms with Crippen LogP contribution < -0.4 is 13.8 Å². The second kappa shape index (κ2) is 11.3. The number of rotatable bonds is 9. The van der Waals surface area contributed by atoms with E-state index in [4.69, 9.17) is 9.84 Å². The molecule has 0 aromatic heterocycles. The Morgan fingerprint density at radius 2 is 1.95 bits per heavy atom. The SMILES string of the molecule is N#Cc1ccccc1/C=C/c1ccc2c(c1)N(S(=O)(=O)c1cccc(OC(F)F)c1)C[C@H](CCC(=O)O)O2. The molecule has 0 unspecified atom stereocenters. The Hall–Kier alpha value is -4.43. The molecule has 0 fully saturated rings. The molecule has 38 heavy (non-hydrogen) atoms. The van der Waals surface area contributed by atoms with Crippen molar-refractivity contribution in [3.8, 4) is 17.6 Å². The Labute approximate surface area is 218 Å². The van der Waals surface area contributed by atoms with Gasteiger partial charge in [-0.3, -0.25) is 9.10 Å². The third kappa shape index (κ3) is 6.10. The van der Waals surface area contributed by atoms with Crippen LogP contribution in [0.3, 0.4) is 0 Å². The molecule has 0 aliphatic carbocycles. The van der Waals surface area contributed by atoms with E-state index in [0.29, 0.717) is 16.7 Å². The Morgan fingerprint density at radius 3 is 2.68 bits per heavy atom. The van der Waals surface area contributed by atoms with Crippen LogP contribution in [0, 0.1) is 11.3 Å². The predicted molar refractivity (Wildman–Crippen MR) is 135 cm³/mol. The monoisotopic (exact) mass is 540 g/mol. The maximum absolute atomic E-state index is 13.7. The highest BCUT2D eigenvalue weighted by atomic mass is 32.2. The average molecular weight is 541 g/mol. The second-order valence-corrected chi connectivity index (χ2v) is 10.2. The van der Waals surface area contributed by atoms with Crippen LogP contribution in [0.15, 0.2) is 71.6 Å². The highest BCUT2D eigenvalue weighted by Gasteiger charge is 2.35. The largest absolute Gasteiger partial charge is 0.486 e. The summed E-state index contributed by atoms with van der Waals surface area (Å²) in [7, 11) is -4.29.